The van der Waals surface area contributed by atoms with Gasteiger partial charge in [-0.25, -0.2) is 18.5 Å². The quantitative estimate of drug-likeness (QED) is 0.558. The SMILES string of the molecule is Cc1ccc(NC(=O)CSc2nccn2-c2cccc(Cl)c2C)cc1S(N)(=O)=O. The van der Waals surface area contributed by atoms with Crippen LogP contribution in [0.25, 0.3) is 5.69 Å². The van der Waals surface area contributed by atoms with Gasteiger partial charge in [-0.3, -0.25) is 9.36 Å². The molecule has 1 aromatic heterocycles. The van der Waals surface area contributed by atoms with Crippen LogP contribution in [0, 0.1) is 13.8 Å². The fourth-order valence-corrected chi connectivity index (χ4v) is 4.49. The largest absolute Gasteiger partial charge is 0.325 e. The summed E-state index contributed by atoms with van der Waals surface area (Å²) in [6.07, 6.45) is 3.45. The van der Waals surface area contributed by atoms with Gasteiger partial charge in [-0.2, -0.15) is 0 Å². The van der Waals surface area contributed by atoms with Crippen molar-refractivity contribution in [3.63, 3.8) is 0 Å². The number of aryl methyl sites for hydroxylation is 1. The molecule has 10 heteroatoms. The number of carbonyl (C=O) groups excluding carboxylic acids is 1. The Labute approximate surface area is 178 Å². The summed E-state index contributed by atoms with van der Waals surface area (Å²) in [6, 6.07) is 10.2. The van der Waals surface area contributed by atoms with Gasteiger partial charge in [-0.15, -0.1) is 0 Å². The van der Waals surface area contributed by atoms with E-state index in [0.717, 1.165) is 11.3 Å². The summed E-state index contributed by atoms with van der Waals surface area (Å²) in [5.41, 5.74) is 2.67. The lowest BCUT2D eigenvalue weighted by molar-refractivity contribution is -0.113. The first-order valence-electron chi connectivity index (χ1n) is 8.52. The lowest BCUT2D eigenvalue weighted by Gasteiger charge is -2.12. The van der Waals surface area contributed by atoms with Crippen molar-refractivity contribution in [3.05, 3.63) is 64.9 Å². The highest BCUT2D eigenvalue weighted by Crippen LogP contribution is 2.27. The molecule has 1 heterocycles. The molecule has 0 bridgehead atoms. The molecule has 3 aromatic rings. The predicted molar refractivity (Wildman–Crippen MR) is 115 cm³/mol. The fraction of sp³-hybridized carbons (Fsp3) is 0.158. The number of rotatable bonds is 6. The molecule has 0 atom stereocenters. The molecule has 1 amide bonds. The van der Waals surface area contributed by atoms with Crippen molar-refractivity contribution in [1.82, 2.24) is 9.55 Å². The number of hydrogen-bond acceptors (Lipinski definition) is 5. The monoisotopic (exact) mass is 450 g/mol. The Morgan fingerprint density at radius 3 is 2.76 bits per heavy atom. The Balaban J connectivity index is 1.72. The Hall–Kier alpha value is -2.33. The maximum absolute atomic E-state index is 12.4. The molecule has 0 aliphatic rings. The van der Waals surface area contributed by atoms with Crippen LogP contribution in [0.5, 0.6) is 0 Å². The average molecular weight is 451 g/mol. The van der Waals surface area contributed by atoms with Crippen molar-refractivity contribution in [2.24, 2.45) is 5.14 Å². The van der Waals surface area contributed by atoms with Crippen molar-refractivity contribution >= 4 is 45.0 Å². The summed E-state index contributed by atoms with van der Waals surface area (Å²) in [6.45, 7) is 3.55. The number of sulfonamides is 1. The second kappa shape index (κ2) is 8.58. The lowest BCUT2D eigenvalue weighted by Crippen LogP contribution is -2.17. The number of nitrogens with zero attached hydrogens (tertiary/aromatic N) is 2. The van der Waals surface area contributed by atoms with Gasteiger partial charge in [0.1, 0.15) is 0 Å². The molecule has 29 heavy (non-hydrogen) atoms. The van der Waals surface area contributed by atoms with Gasteiger partial charge in [0.2, 0.25) is 15.9 Å². The van der Waals surface area contributed by atoms with E-state index >= 15 is 0 Å². The first-order chi connectivity index (χ1) is 13.7. The molecular weight excluding hydrogens is 432 g/mol. The maximum atomic E-state index is 12.4. The smallest absolute Gasteiger partial charge is 0.238 e. The van der Waals surface area contributed by atoms with Crippen molar-refractivity contribution in [2.45, 2.75) is 23.9 Å². The third kappa shape index (κ3) is 4.99. The van der Waals surface area contributed by atoms with Crippen molar-refractivity contribution in [3.8, 4) is 5.69 Å². The van der Waals surface area contributed by atoms with E-state index in [2.05, 4.69) is 10.3 Å². The molecule has 0 saturated heterocycles. The number of carbonyl (C=O) groups is 1. The molecular formula is C19H19ClN4O3S2. The van der Waals surface area contributed by atoms with Gasteiger partial charge < -0.3 is 5.32 Å². The van der Waals surface area contributed by atoms with E-state index in [-0.39, 0.29) is 16.6 Å². The molecule has 0 aliphatic heterocycles. The van der Waals surface area contributed by atoms with Crippen LogP contribution in [-0.4, -0.2) is 29.6 Å². The zero-order chi connectivity index (χ0) is 21.2. The minimum absolute atomic E-state index is 0.0186. The summed E-state index contributed by atoms with van der Waals surface area (Å²) >= 11 is 7.46. The molecule has 0 saturated carbocycles. The number of nitrogens with one attached hydrogen (secondary N) is 1. The Kier molecular flexibility index (Phi) is 6.33. The van der Waals surface area contributed by atoms with Crippen LogP contribution in [0.3, 0.4) is 0 Å². The highest BCUT2D eigenvalue weighted by Gasteiger charge is 2.15. The van der Waals surface area contributed by atoms with Crippen molar-refractivity contribution in [1.29, 1.82) is 0 Å². The van der Waals surface area contributed by atoms with E-state index in [4.69, 9.17) is 16.7 Å². The van der Waals surface area contributed by atoms with Crippen molar-refractivity contribution in [2.75, 3.05) is 11.1 Å². The van der Waals surface area contributed by atoms with E-state index in [1.807, 2.05) is 29.7 Å². The molecule has 3 N–H and O–H groups in total. The van der Waals surface area contributed by atoms with Gasteiger partial charge in [0, 0.05) is 23.1 Å². The van der Waals surface area contributed by atoms with Crippen LogP contribution in [0.4, 0.5) is 5.69 Å². The fourth-order valence-electron chi connectivity index (χ4n) is 2.75. The summed E-state index contributed by atoms with van der Waals surface area (Å²) in [5, 5.41) is 9.18. The number of benzene rings is 2. The Morgan fingerprint density at radius 1 is 1.28 bits per heavy atom. The second-order valence-electron chi connectivity index (χ2n) is 6.33. The minimum Gasteiger partial charge on any atom is -0.325 e. The van der Waals surface area contributed by atoms with Gasteiger partial charge in [-0.05, 0) is 49.2 Å². The third-order valence-corrected chi connectivity index (χ3v) is 6.65. The van der Waals surface area contributed by atoms with Crippen LogP contribution >= 0.6 is 23.4 Å². The molecule has 0 aliphatic carbocycles. The zero-order valence-electron chi connectivity index (χ0n) is 15.7. The van der Waals surface area contributed by atoms with Gasteiger partial charge in [-0.1, -0.05) is 35.5 Å². The number of primary sulfonamides is 1. The molecule has 7 nitrogen and oxygen atoms in total. The number of halogens is 1. The topological polar surface area (TPSA) is 107 Å². The van der Waals surface area contributed by atoms with E-state index < -0.39 is 10.0 Å². The lowest BCUT2D eigenvalue weighted by atomic mass is 10.2. The summed E-state index contributed by atoms with van der Waals surface area (Å²) in [7, 11) is -3.86. The van der Waals surface area contributed by atoms with E-state index in [1.54, 1.807) is 31.5 Å². The molecule has 0 fully saturated rings. The summed E-state index contributed by atoms with van der Waals surface area (Å²) < 4.78 is 25.1. The molecule has 3 rings (SSSR count). The Bertz CT molecular complexity index is 1180. The third-order valence-electron chi connectivity index (χ3n) is 4.22. The predicted octanol–water partition coefficient (Wildman–Crippen LogP) is 3.52. The highest BCUT2D eigenvalue weighted by atomic mass is 35.5. The van der Waals surface area contributed by atoms with Crippen LogP contribution in [0.15, 0.2) is 58.8 Å². The standard InChI is InChI=1S/C19H19ClN4O3S2/c1-12-6-7-14(10-17(12)29(21,26)27)23-18(25)11-28-19-22-8-9-24(19)16-5-3-4-15(20)13(16)2/h3-10H,11H2,1-2H3,(H,23,25)(H2,21,26,27). The normalized spacial score (nSPS) is 11.4. The molecule has 0 radical (unpaired) electrons. The van der Waals surface area contributed by atoms with E-state index in [9.17, 15) is 13.2 Å². The van der Waals surface area contributed by atoms with Crippen molar-refractivity contribution < 1.29 is 13.2 Å². The van der Waals surface area contributed by atoms with Gasteiger partial charge in [0.25, 0.3) is 0 Å². The first kappa shape index (κ1) is 21.4. The zero-order valence-corrected chi connectivity index (χ0v) is 18.1. The highest BCUT2D eigenvalue weighted by molar-refractivity contribution is 7.99. The van der Waals surface area contributed by atoms with Gasteiger partial charge in [0.15, 0.2) is 5.16 Å². The van der Waals surface area contributed by atoms with Crippen LogP contribution in [0.2, 0.25) is 5.02 Å². The number of hydrogen-bond donors (Lipinski definition) is 2. The molecule has 0 spiro atoms. The second-order valence-corrected chi connectivity index (χ2v) is 9.21. The summed E-state index contributed by atoms with van der Waals surface area (Å²) in [5.74, 6) is -0.202. The Morgan fingerprint density at radius 2 is 2.03 bits per heavy atom. The van der Waals surface area contributed by atoms with Gasteiger partial charge >= 0.3 is 0 Å². The number of amides is 1. The number of thioether (sulfide) groups is 1. The molecule has 0 unspecified atom stereocenters. The summed E-state index contributed by atoms with van der Waals surface area (Å²) in [4.78, 5) is 16.6. The number of aromatic nitrogens is 2. The van der Waals surface area contributed by atoms with Crippen LogP contribution < -0.4 is 10.5 Å². The number of anilines is 1. The first-order valence-corrected chi connectivity index (χ1v) is 11.4. The minimum atomic E-state index is -3.86. The van der Waals surface area contributed by atoms with E-state index in [0.29, 0.717) is 21.4 Å². The van der Waals surface area contributed by atoms with Crippen LogP contribution in [0.1, 0.15) is 11.1 Å². The van der Waals surface area contributed by atoms with Crippen LogP contribution in [-0.2, 0) is 14.8 Å². The number of nitrogens with two attached hydrogens (primary N) is 1. The average Bonchev–Trinajstić information content (AvgIpc) is 3.11. The van der Waals surface area contributed by atoms with E-state index in [1.165, 1.54) is 17.8 Å². The maximum Gasteiger partial charge on any atom is 0.238 e. The molecule has 152 valence electrons. The molecule has 2 aromatic carbocycles. The number of imidazole rings is 1. The van der Waals surface area contributed by atoms with Gasteiger partial charge in [0.05, 0.1) is 16.3 Å².